The molecule has 0 aliphatic heterocycles. The van der Waals surface area contributed by atoms with Gasteiger partial charge in [-0.25, -0.2) is 0 Å². The van der Waals surface area contributed by atoms with E-state index in [1.807, 2.05) is 0 Å². The van der Waals surface area contributed by atoms with Gasteiger partial charge in [-0.3, -0.25) is 9.89 Å². The van der Waals surface area contributed by atoms with Crippen molar-refractivity contribution in [2.45, 2.75) is 6.92 Å². The van der Waals surface area contributed by atoms with Crippen molar-refractivity contribution in [2.24, 2.45) is 0 Å². The molecule has 0 radical (unpaired) electrons. The summed E-state index contributed by atoms with van der Waals surface area (Å²) in [5.41, 5.74) is 1.26. The van der Waals surface area contributed by atoms with Gasteiger partial charge in [0.25, 0.3) is 5.91 Å². The van der Waals surface area contributed by atoms with E-state index in [0.717, 1.165) is 11.5 Å². The molecule has 6 nitrogen and oxygen atoms in total. The highest BCUT2D eigenvalue weighted by atomic mass is 32.1. The van der Waals surface area contributed by atoms with Crippen molar-refractivity contribution in [2.75, 3.05) is 5.32 Å². The third-order valence-corrected chi connectivity index (χ3v) is 2.44. The van der Waals surface area contributed by atoms with Crippen molar-refractivity contribution >= 4 is 23.1 Å². The van der Waals surface area contributed by atoms with Crippen LogP contribution in [0.25, 0.3) is 0 Å². The lowest BCUT2D eigenvalue weighted by Crippen LogP contribution is -2.10. The molecule has 0 atom stereocenters. The molecular formula is C7H7N5OS. The molecule has 14 heavy (non-hydrogen) atoms. The lowest BCUT2D eigenvalue weighted by atomic mass is 10.3. The Morgan fingerprint density at radius 1 is 1.64 bits per heavy atom. The molecule has 7 heteroatoms. The van der Waals surface area contributed by atoms with Gasteiger partial charge >= 0.3 is 0 Å². The first kappa shape index (κ1) is 8.82. The minimum absolute atomic E-state index is 0.209. The zero-order valence-corrected chi connectivity index (χ0v) is 8.13. The maximum atomic E-state index is 11.6. The monoisotopic (exact) mass is 209 g/mol. The van der Waals surface area contributed by atoms with Crippen LogP contribution in [0.15, 0.2) is 12.4 Å². The topological polar surface area (TPSA) is 83.6 Å². The number of hydrogen-bond donors (Lipinski definition) is 2. The number of amides is 1. The molecule has 2 aromatic heterocycles. The van der Waals surface area contributed by atoms with Gasteiger partial charge in [-0.15, -0.1) is 5.10 Å². The summed E-state index contributed by atoms with van der Waals surface area (Å²) in [6, 6.07) is 0. The molecule has 72 valence electrons. The summed E-state index contributed by atoms with van der Waals surface area (Å²) < 4.78 is 3.68. The van der Waals surface area contributed by atoms with Gasteiger partial charge in [0, 0.05) is 6.20 Å². The molecule has 0 bridgehead atoms. The van der Waals surface area contributed by atoms with E-state index < -0.39 is 0 Å². The number of rotatable bonds is 2. The van der Waals surface area contributed by atoms with Crippen LogP contribution < -0.4 is 5.32 Å². The normalized spacial score (nSPS) is 10.1. The summed E-state index contributed by atoms with van der Waals surface area (Å²) in [6.07, 6.45) is 3.13. The first-order chi connectivity index (χ1) is 6.77. The van der Waals surface area contributed by atoms with Crippen LogP contribution in [0.5, 0.6) is 0 Å². The van der Waals surface area contributed by atoms with Gasteiger partial charge in [0.1, 0.15) is 4.88 Å². The Morgan fingerprint density at radius 2 is 2.50 bits per heavy atom. The first-order valence-corrected chi connectivity index (χ1v) is 4.64. The van der Waals surface area contributed by atoms with E-state index in [2.05, 4.69) is 25.1 Å². The van der Waals surface area contributed by atoms with Gasteiger partial charge in [0.15, 0.2) is 0 Å². The Balaban J connectivity index is 2.14. The van der Waals surface area contributed by atoms with Crippen LogP contribution in [0.1, 0.15) is 15.4 Å². The van der Waals surface area contributed by atoms with E-state index in [1.165, 1.54) is 6.20 Å². The zero-order valence-electron chi connectivity index (χ0n) is 7.31. The van der Waals surface area contributed by atoms with Crippen molar-refractivity contribution < 1.29 is 4.79 Å². The summed E-state index contributed by atoms with van der Waals surface area (Å²) in [7, 11) is 0. The molecular weight excluding hydrogens is 202 g/mol. The SMILES string of the molecule is Cc1nnsc1C(=O)Nc1cn[nH]c1. The van der Waals surface area contributed by atoms with Gasteiger partial charge in [-0.05, 0) is 18.5 Å². The Kier molecular flexibility index (Phi) is 2.23. The highest BCUT2D eigenvalue weighted by Gasteiger charge is 2.13. The fourth-order valence-electron chi connectivity index (χ4n) is 0.947. The molecule has 0 unspecified atom stereocenters. The van der Waals surface area contributed by atoms with Crippen LogP contribution in [0.2, 0.25) is 0 Å². The molecule has 0 aliphatic rings. The summed E-state index contributed by atoms with van der Waals surface area (Å²) in [6.45, 7) is 1.74. The van der Waals surface area contributed by atoms with Crippen LogP contribution >= 0.6 is 11.5 Å². The fraction of sp³-hybridized carbons (Fsp3) is 0.143. The number of aromatic amines is 1. The highest BCUT2D eigenvalue weighted by Crippen LogP contribution is 2.11. The molecule has 0 fully saturated rings. The lowest BCUT2D eigenvalue weighted by Gasteiger charge is -1.97. The highest BCUT2D eigenvalue weighted by molar-refractivity contribution is 7.08. The van der Waals surface area contributed by atoms with Gasteiger partial charge < -0.3 is 5.32 Å². The molecule has 2 heterocycles. The third kappa shape index (κ3) is 1.62. The van der Waals surface area contributed by atoms with Crippen LogP contribution in [0, 0.1) is 6.92 Å². The third-order valence-electron chi connectivity index (χ3n) is 1.61. The quantitative estimate of drug-likeness (QED) is 0.767. The number of carbonyl (C=O) groups is 1. The molecule has 2 N–H and O–H groups in total. The molecule has 2 aromatic rings. The maximum absolute atomic E-state index is 11.6. The van der Waals surface area contributed by atoms with Crippen LogP contribution in [-0.4, -0.2) is 25.7 Å². The van der Waals surface area contributed by atoms with Crippen LogP contribution in [0.4, 0.5) is 5.69 Å². The number of carbonyl (C=O) groups excluding carboxylic acids is 1. The minimum Gasteiger partial charge on any atom is -0.318 e. The van der Waals surface area contributed by atoms with Crippen molar-refractivity contribution in [3.63, 3.8) is 0 Å². The summed E-state index contributed by atoms with van der Waals surface area (Å²) in [5, 5.41) is 12.7. The van der Waals surface area contributed by atoms with Gasteiger partial charge in [0.05, 0.1) is 17.6 Å². The summed E-state index contributed by atoms with van der Waals surface area (Å²) in [5.74, 6) is -0.209. The predicted octanol–water partition coefficient (Wildman–Crippen LogP) is 0.822. The van der Waals surface area contributed by atoms with Crippen molar-refractivity contribution in [3.8, 4) is 0 Å². The maximum Gasteiger partial charge on any atom is 0.269 e. The number of anilines is 1. The van der Waals surface area contributed by atoms with E-state index in [0.29, 0.717) is 16.3 Å². The van der Waals surface area contributed by atoms with E-state index in [-0.39, 0.29) is 5.91 Å². The van der Waals surface area contributed by atoms with Crippen molar-refractivity contribution in [3.05, 3.63) is 23.0 Å². The summed E-state index contributed by atoms with van der Waals surface area (Å²) >= 11 is 1.08. The Morgan fingerprint density at radius 3 is 3.07 bits per heavy atom. The Hall–Kier alpha value is -1.76. The Bertz CT molecular complexity index is 435. The Labute approximate surface area is 83.5 Å². The molecule has 1 amide bonds. The summed E-state index contributed by atoms with van der Waals surface area (Å²) in [4.78, 5) is 12.1. The van der Waals surface area contributed by atoms with E-state index in [4.69, 9.17) is 0 Å². The number of aryl methyl sites for hydroxylation is 1. The lowest BCUT2D eigenvalue weighted by molar-refractivity contribution is 0.103. The van der Waals surface area contributed by atoms with E-state index in [1.54, 1.807) is 13.1 Å². The number of nitrogens with zero attached hydrogens (tertiary/aromatic N) is 3. The van der Waals surface area contributed by atoms with Gasteiger partial charge in [0.2, 0.25) is 0 Å². The van der Waals surface area contributed by atoms with Crippen LogP contribution in [0.3, 0.4) is 0 Å². The van der Waals surface area contributed by atoms with Crippen LogP contribution in [-0.2, 0) is 0 Å². The van der Waals surface area contributed by atoms with E-state index >= 15 is 0 Å². The predicted molar refractivity (Wildman–Crippen MR) is 51.2 cm³/mol. The number of aromatic nitrogens is 4. The second-order valence-electron chi connectivity index (χ2n) is 2.63. The second kappa shape index (κ2) is 3.54. The standard InChI is InChI=1S/C7H7N5OS/c1-4-6(14-12-11-4)7(13)10-5-2-8-9-3-5/h2-3H,1H3,(H,8,9)(H,10,13). The zero-order chi connectivity index (χ0) is 9.97. The largest absolute Gasteiger partial charge is 0.318 e. The smallest absolute Gasteiger partial charge is 0.269 e. The first-order valence-electron chi connectivity index (χ1n) is 3.86. The van der Waals surface area contributed by atoms with Crippen molar-refractivity contribution in [1.29, 1.82) is 0 Å². The molecule has 0 aromatic carbocycles. The minimum atomic E-state index is -0.209. The number of hydrogen-bond acceptors (Lipinski definition) is 5. The van der Waals surface area contributed by atoms with E-state index in [9.17, 15) is 4.79 Å². The number of nitrogens with one attached hydrogen (secondary N) is 2. The molecule has 2 rings (SSSR count). The van der Waals surface area contributed by atoms with Gasteiger partial charge in [-0.1, -0.05) is 4.49 Å². The molecule has 0 aliphatic carbocycles. The van der Waals surface area contributed by atoms with Crippen molar-refractivity contribution in [1.82, 2.24) is 19.8 Å². The fourth-order valence-corrected chi connectivity index (χ4v) is 1.50. The molecule has 0 saturated carbocycles. The number of H-pyrrole nitrogens is 1. The molecule has 0 saturated heterocycles. The molecule has 0 spiro atoms. The average Bonchev–Trinajstić information content (AvgIpc) is 2.75. The second-order valence-corrected chi connectivity index (χ2v) is 3.38. The van der Waals surface area contributed by atoms with Gasteiger partial charge in [-0.2, -0.15) is 5.10 Å². The average molecular weight is 209 g/mol.